The maximum atomic E-state index is 12.2. The van der Waals surface area contributed by atoms with Crippen LogP contribution in [0, 0.1) is 6.92 Å². The van der Waals surface area contributed by atoms with Gasteiger partial charge in [0.25, 0.3) is 5.91 Å². The van der Waals surface area contributed by atoms with Gasteiger partial charge in [0, 0.05) is 18.8 Å². The number of nitrogens with two attached hydrogens (primary N) is 1. The molecule has 0 aliphatic heterocycles. The second kappa shape index (κ2) is 5.54. The standard InChI is InChI=1S/C13H20N2O/c1-4-8-15(5-2)13(16)11-9-10(3)6-7-12(11)14/h6-7,9H,4-5,8,14H2,1-3H3. The first-order valence-electron chi connectivity index (χ1n) is 5.75. The monoisotopic (exact) mass is 220 g/mol. The molecule has 0 aromatic heterocycles. The fraction of sp³-hybridized carbons (Fsp3) is 0.462. The van der Waals surface area contributed by atoms with Gasteiger partial charge in [-0.1, -0.05) is 18.6 Å². The molecule has 1 aromatic carbocycles. The fourth-order valence-electron chi connectivity index (χ4n) is 1.70. The van der Waals surface area contributed by atoms with Crippen LogP contribution in [0.3, 0.4) is 0 Å². The Labute approximate surface area is 97.2 Å². The van der Waals surface area contributed by atoms with E-state index in [1.165, 1.54) is 0 Å². The van der Waals surface area contributed by atoms with Crippen LogP contribution in [-0.2, 0) is 0 Å². The molecular formula is C13H20N2O. The average molecular weight is 220 g/mol. The van der Waals surface area contributed by atoms with Gasteiger partial charge in [-0.25, -0.2) is 0 Å². The molecule has 0 fully saturated rings. The molecule has 0 aliphatic carbocycles. The van der Waals surface area contributed by atoms with Gasteiger partial charge in [-0.3, -0.25) is 4.79 Å². The van der Waals surface area contributed by atoms with Gasteiger partial charge in [0.15, 0.2) is 0 Å². The van der Waals surface area contributed by atoms with E-state index in [1.807, 2.05) is 30.9 Å². The second-order valence-corrected chi connectivity index (χ2v) is 3.98. The molecular weight excluding hydrogens is 200 g/mol. The summed E-state index contributed by atoms with van der Waals surface area (Å²) in [5.74, 6) is 0.0329. The van der Waals surface area contributed by atoms with Crippen molar-refractivity contribution in [1.29, 1.82) is 0 Å². The van der Waals surface area contributed by atoms with Crippen LogP contribution in [0.5, 0.6) is 0 Å². The smallest absolute Gasteiger partial charge is 0.255 e. The van der Waals surface area contributed by atoms with Crippen LogP contribution < -0.4 is 5.73 Å². The number of hydrogen-bond acceptors (Lipinski definition) is 2. The summed E-state index contributed by atoms with van der Waals surface area (Å²) < 4.78 is 0. The van der Waals surface area contributed by atoms with E-state index in [0.29, 0.717) is 11.3 Å². The Balaban J connectivity index is 2.98. The van der Waals surface area contributed by atoms with E-state index in [2.05, 4.69) is 6.92 Å². The molecule has 1 rings (SSSR count). The first-order valence-corrected chi connectivity index (χ1v) is 5.75. The normalized spacial score (nSPS) is 10.2. The molecule has 1 aromatic rings. The van der Waals surface area contributed by atoms with E-state index < -0.39 is 0 Å². The summed E-state index contributed by atoms with van der Waals surface area (Å²) in [4.78, 5) is 14.0. The fourth-order valence-corrected chi connectivity index (χ4v) is 1.70. The molecule has 0 unspecified atom stereocenters. The summed E-state index contributed by atoms with van der Waals surface area (Å²) in [5, 5.41) is 0. The minimum absolute atomic E-state index is 0.0329. The van der Waals surface area contributed by atoms with Crippen LogP contribution >= 0.6 is 0 Å². The maximum absolute atomic E-state index is 12.2. The highest BCUT2D eigenvalue weighted by Gasteiger charge is 2.15. The van der Waals surface area contributed by atoms with Crippen molar-refractivity contribution in [2.75, 3.05) is 18.8 Å². The molecule has 0 radical (unpaired) electrons. The molecule has 0 aliphatic rings. The molecule has 2 N–H and O–H groups in total. The predicted octanol–water partition coefficient (Wildman–Crippen LogP) is 2.45. The molecule has 3 nitrogen and oxygen atoms in total. The average Bonchev–Trinajstić information content (AvgIpc) is 2.28. The molecule has 88 valence electrons. The van der Waals surface area contributed by atoms with Gasteiger partial charge < -0.3 is 10.6 Å². The lowest BCUT2D eigenvalue weighted by molar-refractivity contribution is 0.0765. The molecule has 0 saturated heterocycles. The molecule has 0 bridgehead atoms. The highest BCUT2D eigenvalue weighted by molar-refractivity contribution is 5.99. The quantitative estimate of drug-likeness (QED) is 0.792. The van der Waals surface area contributed by atoms with Crippen molar-refractivity contribution < 1.29 is 4.79 Å². The zero-order valence-corrected chi connectivity index (χ0v) is 10.3. The van der Waals surface area contributed by atoms with Gasteiger partial charge in [-0.2, -0.15) is 0 Å². The molecule has 16 heavy (non-hydrogen) atoms. The van der Waals surface area contributed by atoms with Gasteiger partial charge in [0.05, 0.1) is 5.56 Å². The zero-order valence-electron chi connectivity index (χ0n) is 10.3. The van der Waals surface area contributed by atoms with Crippen molar-refractivity contribution in [2.45, 2.75) is 27.2 Å². The third-order valence-corrected chi connectivity index (χ3v) is 2.60. The van der Waals surface area contributed by atoms with Gasteiger partial charge in [-0.05, 0) is 32.4 Å². The van der Waals surface area contributed by atoms with E-state index in [-0.39, 0.29) is 5.91 Å². The number of carbonyl (C=O) groups is 1. The highest BCUT2D eigenvalue weighted by Crippen LogP contribution is 2.16. The first-order chi connectivity index (χ1) is 7.60. The summed E-state index contributed by atoms with van der Waals surface area (Å²) in [7, 11) is 0. The number of benzene rings is 1. The van der Waals surface area contributed by atoms with Gasteiger partial charge in [-0.15, -0.1) is 0 Å². The Morgan fingerprint density at radius 2 is 2.06 bits per heavy atom. The number of aryl methyl sites for hydroxylation is 1. The van der Waals surface area contributed by atoms with Crippen LogP contribution in [0.2, 0.25) is 0 Å². The summed E-state index contributed by atoms with van der Waals surface area (Å²) in [6.07, 6.45) is 0.964. The molecule has 0 saturated carbocycles. The first kappa shape index (κ1) is 12.6. The van der Waals surface area contributed by atoms with Crippen molar-refractivity contribution in [3.63, 3.8) is 0 Å². The van der Waals surface area contributed by atoms with Crippen molar-refractivity contribution in [2.24, 2.45) is 0 Å². The number of rotatable bonds is 4. The third kappa shape index (κ3) is 2.75. The number of carbonyl (C=O) groups excluding carboxylic acids is 1. The van der Waals surface area contributed by atoms with E-state index in [9.17, 15) is 4.79 Å². The Bertz CT molecular complexity index is 374. The third-order valence-electron chi connectivity index (χ3n) is 2.60. The number of anilines is 1. The predicted molar refractivity (Wildman–Crippen MR) is 67.5 cm³/mol. The van der Waals surface area contributed by atoms with Crippen LogP contribution in [0.15, 0.2) is 18.2 Å². The number of hydrogen-bond donors (Lipinski definition) is 1. The summed E-state index contributed by atoms with van der Waals surface area (Å²) in [6.45, 7) is 7.52. The van der Waals surface area contributed by atoms with Crippen LogP contribution in [-0.4, -0.2) is 23.9 Å². The largest absolute Gasteiger partial charge is 0.398 e. The molecule has 0 heterocycles. The highest BCUT2D eigenvalue weighted by atomic mass is 16.2. The van der Waals surface area contributed by atoms with Gasteiger partial charge in [0.1, 0.15) is 0 Å². The van der Waals surface area contributed by atoms with Crippen LogP contribution in [0.4, 0.5) is 5.69 Å². The van der Waals surface area contributed by atoms with Gasteiger partial charge >= 0.3 is 0 Å². The number of amides is 1. The lowest BCUT2D eigenvalue weighted by Crippen LogP contribution is -2.32. The van der Waals surface area contributed by atoms with Crippen molar-refractivity contribution >= 4 is 11.6 Å². The topological polar surface area (TPSA) is 46.3 Å². The van der Waals surface area contributed by atoms with E-state index >= 15 is 0 Å². The Kier molecular flexibility index (Phi) is 4.35. The van der Waals surface area contributed by atoms with E-state index in [1.54, 1.807) is 6.07 Å². The number of nitrogen functional groups attached to an aromatic ring is 1. The molecule has 1 amide bonds. The Morgan fingerprint density at radius 3 is 2.62 bits per heavy atom. The van der Waals surface area contributed by atoms with E-state index in [4.69, 9.17) is 5.73 Å². The molecule has 0 spiro atoms. The molecule has 3 heteroatoms. The van der Waals surface area contributed by atoms with Crippen LogP contribution in [0.1, 0.15) is 36.2 Å². The lowest BCUT2D eigenvalue weighted by atomic mass is 10.1. The zero-order chi connectivity index (χ0) is 12.1. The summed E-state index contributed by atoms with van der Waals surface area (Å²) >= 11 is 0. The lowest BCUT2D eigenvalue weighted by Gasteiger charge is -2.21. The van der Waals surface area contributed by atoms with Gasteiger partial charge in [0.2, 0.25) is 0 Å². The Hall–Kier alpha value is -1.51. The van der Waals surface area contributed by atoms with E-state index in [0.717, 1.165) is 25.1 Å². The maximum Gasteiger partial charge on any atom is 0.255 e. The Morgan fingerprint density at radius 1 is 1.38 bits per heavy atom. The summed E-state index contributed by atoms with van der Waals surface area (Å²) in [6, 6.07) is 5.57. The molecule has 0 atom stereocenters. The van der Waals surface area contributed by atoms with Crippen molar-refractivity contribution in [1.82, 2.24) is 4.90 Å². The SMILES string of the molecule is CCCN(CC)C(=O)c1cc(C)ccc1N. The summed E-state index contributed by atoms with van der Waals surface area (Å²) in [5.41, 5.74) is 8.07. The van der Waals surface area contributed by atoms with Crippen LogP contribution in [0.25, 0.3) is 0 Å². The number of nitrogens with zero attached hydrogens (tertiary/aromatic N) is 1. The minimum atomic E-state index is 0.0329. The van der Waals surface area contributed by atoms with Crippen molar-refractivity contribution in [3.05, 3.63) is 29.3 Å². The second-order valence-electron chi connectivity index (χ2n) is 3.98. The van der Waals surface area contributed by atoms with Crippen molar-refractivity contribution in [3.8, 4) is 0 Å². The minimum Gasteiger partial charge on any atom is -0.398 e.